The summed E-state index contributed by atoms with van der Waals surface area (Å²) >= 11 is 0. The highest BCUT2D eigenvalue weighted by Crippen LogP contribution is 2.75. The Morgan fingerprint density at radius 1 is 0.946 bits per heavy atom. The number of rotatable bonds is 4. The first-order valence-corrected chi connectivity index (χ1v) is 15.7. The molecule has 0 radical (unpaired) electrons. The highest BCUT2D eigenvalue weighted by atomic mass is 16.5. The lowest BCUT2D eigenvalue weighted by atomic mass is 9.33. The first-order valence-electron chi connectivity index (χ1n) is 15.7. The number of hydrogen-bond acceptors (Lipinski definition) is 3. The molecule has 1 N–H and O–H groups in total. The summed E-state index contributed by atoms with van der Waals surface area (Å²) in [6.07, 6.45) is 15.5. The van der Waals surface area contributed by atoms with E-state index >= 15 is 0 Å². The van der Waals surface area contributed by atoms with Gasteiger partial charge in [0.15, 0.2) is 0 Å². The minimum absolute atomic E-state index is 0.0173. The minimum atomic E-state index is -0.324. The summed E-state index contributed by atoms with van der Waals surface area (Å²) < 4.78 is 6.02. The molecule has 0 saturated heterocycles. The number of allylic oxidation sites excluding steroid dienone is 2. The standard InChI is InChI=1S/C34H56O3/c1-9-10-21-37-28(36)34-19-17-29(2,3)22-24(34)23-11-12-26-31(6)15-14-27(35)30(4,5)25(31)13-16-33(26,8)32(23,7)18-20-34/h11,24-27,35H,9-10,12-22H2,1-8H3/t24?,25?,26?,27?,31-,32+,33+,34-/m0/s1. The molecular weight excluding hydrogens is 456 g/mol. The van der Waals surface area contributed by atoms with Crippen LogP contribution < -0.4 is 0 Å². The van der Waals surface area contributed by atoms with Crippen LogP contribution in [0.15, 0.2) is 11.6 Å². The molecule has 0 aromatic carbocycles. The third-order valence-electron chi connectivity index (χ3n) is 13.8. The second kappa shape index (κ2) is 8.84. The van der Waals surface area contributed by atoms with Gasteiger partial charge in [-0.05, 0) is 115 Å². The van der Waals surface area contributed by atoms with Gasteiger partial charge in [0, 0.05) is 0 Å². The largest absolute Gasteiger partial charge is 0.465 e. The molecule has 0 aliphatic heterocycles. The van der Waals surface area contributed by atoms with E-state index in [2.05, 4.69) is 61.5 Å². The third-order valence-corrected chi connectivity index (χ3v) is 13.8. The van der Waals surface area contributed by atoms with E-state index in [1.807, 2.05) is 0 Å². The highest BCUT2D eigenvalue weighted by Gasteiger charge is 2.69. The van der Waals surface area contributed by atoms with Gasteiger partial charge < -0.3 is 9.84 Å². The van der Waals surface area contributed by atoms with E-state index in [1.165, 1.54) is 12.8 Å². The summed E-state index contributed by atoms with van der Waals surface area (Å²) in [5.41, 5.74) is 2.18. The number of aliphatic hydroxyl groups is 1. The smallest absolute Gasteiger partial charge is 0.312 e. The molecule has 8 atom stereocenters. The van der Waals surface area contributed by atoms with Crippen LogP contribution in [0.25, 0.3) is 0 Å². The molecule has 4 fully saturated rings. The predicted molar refractivity (Wildman–Crippen MR) is 151 cm³/mol. The van der Waals surface area contributed by atoms with Crippen molar-refractivity contribution in [2.75, 3.05) is 6.61 Å². The summed E-state index contributed by atoms with van der Waals surface area (Å²) in [4.78, 5) is 13.8. The normalized spacial score (nSPS) is 48.0. The summed E-state index contributed by atoms with van der Waals surface area (Å²) in [6.45, 7) is 20.0. The quantitative estimate of drug-likeness (QED) is 0.233. The number of carbonyl (C=O) groups is 1. The molecule has 37 heavy (non-hydrogen) atoms. The van der Waals surface area contributed by atoms with E-state index in [-0.39, 0.29) is 44.6 Å². The van der Waals surface area contributed by atoms with Crippen molar-refractivity contribution in [2.24, 2.45) is 50.2 Å². The van der Waals surface area contributed by atoms with Crippen LogP contribution >= 0.6 is 0 Å². The lowest BCUT2D eigenvalue weighted by Crippen LogP contribution is -2.65. The zero-order valence-corrected chi connectivity index (χ0v) is 25.3. The van der Waals surface area contributed by atoms with Crippen LogP contribution in [-0.4, -0.2) is 23.8 Å². The molecule has 5 rings (SSSR count). The third kappa shape index (κ3) is 3.78. The molecule has 0 aromatic rings. The van der Waals surface area contributed by atoms with Crippen LogP contribution in [0.2, 0.25) is 0 Å². The van der Waals surface area contributed by atoms with Crippen LogP contribution in [0.1, 0.15) is 132 Å². The Balaban J connectivity index is 1.54. The van der Waals surface area contributed by atoms with Gasteiger partial charge in [-0.3, -0.25) is 4.79 Å². The molecule has 0 bridgehead atoms. The fraction of sp³-hybridized carbons (Fsp3) is 0.912. The van der Waals surface area contributed by atoms with Gasteiger partial charge in [0.2, 0.25) is 0 Å². The summed E-state index contributed by atoms with van der Waals surface area (Å²) in [5.74, 6) is 1.64. The predicted octanol–water partition coefficient (Wildman–Crippen LogP) is 8.49. The van der Waals surface area contributed by atoms with Crippen LogP contribution in [0.3, 0.4) is 0 Å². The average Bonchev–Trinajstić information content (AvgIpc) is 2.82. The Bertz CT molecular complexity index is 947. The van der Waals surface area contributed by atoms with Crippen molar-refractivity contribution in [3.05, 3.63) is 11.6 Å². The van der Waals surface area contributed by atoms with Crippen molar-refractivity contribution < 1.29 is 14.6 Å². The lowest BCUT2D eigenvalue weighted by Gasteiger charge is -2.71. The molecule has 4 unspecified atom stereocenters. The van der Waals surface area contributed by atoms with Crippen molar-refractivity contribution in [1.82, 2.24) is 0 Å². The van der Waals surface area contributed by atoms with Crippen molar-refractivity contribution in [1.29, 1.82) is 0 Å². The number of unbranched alkanes of at least 4 members (excludes halogenated alkanes) is 1. The fourth-order valence-electron chi connectivity index (χ4n) is 11.1. The number of esters is 1. The molecule has 5 aliphatic rings. The van der Waals surface area contributed by atoms with Gasteiger partial charge in [0.1, 0.15) is 0 Å². The van der Waals surface area contributed by atoms with E-state index in [4.69, 9.17) is 4.74 Å². The maximum Gasteiger partial charge on any atom is 0.312 e. The van der Waals surface area contributed by atoms with Gasteiger partial charge in [-0.1, -0.05) is 73.5 Å². The molecular formula is C34H56O3. The zero-order valence-electron chi connectivity index (χ0n) is 25.3. The molecule has 210 valence electrons. The number of ether oxygens (including phenoxy) is 1. The monoisotopic (exact) mass is 512 g/mol. The van der Waals surface area contributed by atoms with E-state index in [0.29, 0.717) is 24.4 Å². The molecule has 0 aromatic heterocycles. The SMILES string of the molecule is CCCCOC(=O)[C@]12CCC(C)(C)CC1C1=CCC3[C@@]4(C)CCC(O)C(C)(C)C4CC[C@@]3(C)[C@]1(C)CC2. The van der Waals surface area contributed by atoms with Gasteiger partial charge in [-0.15, -0.1) is 0 Å². The fourth-order valence-corrected chi connectivity index (χ4v) is 11.1. The number of hydrogen-bond donors (Lipinski definition) is 1. The maximum atomic E-state index is 13.8. The van der Waals surface area contributed by atoms with Crippen LogP contribution in [0, 0.1) is 50.2 Å². The molecule has 4 saturated carbocycles. The topological polar surface area (TPSA) is 46.5 Å². The molecule has 3 nitrogen and oxygen atoms in total. The maximum absolute atomic E-state index is 13.8. The summed E-state index contributed by atoms with van der Waals surface area (Å²) in [7, 11) is 0. The molecule has 0 spiro atoms. The second-order valence-electron chi connectivity index (χ2n) is 16.2. The highest BCUT2D eigenvalue weighted by molar-refractivity contribution is 5.78. The number of aliphatic hydroxyl groups excluding tert-OH is 1. The van der Waals surface area contributed by atoms with Crippen LogP contribution in [0.4, 0.5) is 0 Å². The Morgan fingerprint density at radius 3 is 2.35 bits per heavy atom. The van der Waals surface area contributed by atoms with Crippen molar-refractivity contribution in [3.8, 4) is 0 Å². The van der Waals surface area contributed by atoms with E-state index in [9.17, 15) is 9.90 Å². The van der Waals surface area contributed by atoms with Gasteiger partial charge in [-0.2, -0.15) is 0 Å². The Hall–Kier alpha value is -0.830. The second-order valence-corrected chi connectivity index (χ2v) is 16.2. The molecule has 0 amide bonds. The van der Waals surface area contributed by atoms with Gasteiger partial charge in [-0.25, -0.2) is 0 Å². The number of carbonyl (C=O) groups excluding carboxylic acids is 1. The minimum Gasteiger partial charge on any atom is -0.465 e. The average molecular weight is 513 g/mol. The van der Waals surface area contributed by atoms with Gasteiger partial charge in [0.05, 0.1) is 18.1 Å². The molecule has 0 heterocycles. The lowest BCUT2D eigenvalue weighted by molar-refractivity contribution is -0.206. The first kappa shape index (κ1) is 27.7. The molecule has 3 heteroatoms. The summed E-state index contributed by atoms with van der Waals surface area (Å²) in [5, 5.41) is 11.0. The van der Waals surface area contributed by atoms with E-state index in [0.717, 1.165) is 64.2 Å². The van der Waals surface area contributed by atoms with Gasteiger partial charge >= 0.3 is 5.97 Å². The van der Waals surface area contributed by atoms with E-state index < -0.39 is 0 Å². The van der Waals surface area contributed by atoms with Gasteiger partial charge in [0.25, 0.3) is 0 Å². The van der Waals surface area contributed by atoms with Crippen molar-refractivity contribution in [3.63, 3.8) is 0 Å². The Kier molecular flexibility index (Phi) is 6.62. The van der Waals surface area contributed by atoms with Crippen LogP contribution in [0.5, 0.6) is 0 Å². The van der Waals surface area contributed by atoms with E-state index in [1.54, 1.807) is 5.57 Å². The van der Waals surface area contributed by atoms with Crippen molar-refractivity contribution in [2.45, 2.75) is 139 Å². The Labute approximate surface area is 227 Å². The molecule has 5 aliphatic carbocycles. The van der Waals surface area contributed by atoms with Crippen LogP contribution in [-0.2, 0) is 9.53 Å². The number of fused-ring (bicyclic) bond motifs is 7. The van der Waals surface area contributed by atoms with Crippen molar-refractivity contribution >= 4 is 5.97 Å². The zero-order chi connectivity index (χ0) is 27.1. The Morgan fingerprint density at radius 2 is 1.65 bits per heavy atom. The first-order chi connectivity index (χ1) is 17.2. The summed E-state index contributed by atoms with van der Waals surface area (Å²) in [6, 6.07) is 0.